The van der Waals surface area contributed by atoms with Gasteiger partial charge in [0.25, 0.3) is 0 Å². The molecule has 1 aliphatic heterocycles. The SMILES string of the molecule is Clc1cccc(Cl)c1[C@@H](Sc1ccccc1)[C@H]1CNCCO1. The summed E-state index contributed by atoms with van der Waals surface area (Å²) in [5.41, 5.74) is 0.952. The molecule has 1 fully saturated rings. The Labute approximate surface area is 145 Å². The zero-order valence-electron chi connectivity index (χ0n) is 12.0. The molecule has 0 amide bonds. The summed E-state index contributed by atoms with van der Waals surface area (Å²) >= 11 is 14.6. The Morgan fingerprint density at radius 3 is 2.41 bits per heavy atom. The summed E-state index contributed by atoms with van der Waals surface area (Å²) in [5, 5.41) is 4.82. The fourth-order valence-corrected chi connectivity index (χ4v) is 4.60. The maximum Gasteiger partial charge on any atom is 0.0863 e. The lowest BCUT2D eigenvalue weighted by atomic mass is 10.1. The van der Waals surface area contributed by atoms with Gasteiger partial charge >= 0.3 is 0 Å². The van der Waals surface area contributed by atoms with E-state index in [1.165, 1.54) is 4.90 Å². The lowest BCUT2D eigenvalue weighted by Crippen LogP contribution is -2.41. The van der Waals surface area contributed by atoms with Crippen LogP contribution in [0.1, 0.15) is 10.8 Å². The van der Waals surface area contributed by atoms with E-state index in [2.05, 4.69) is 17.4 Å². The largest absolute Gasteiger partial charge is 0.374 e. The van der Waals surface area contributed by atoms with E-state index >= 15 is 0 Å². The standard InChI is InChI=1S/C17H17Cl2NOS/c18-13-7-4-8-14(19)16(13)17(15-11-20-9-10-21-15)22-12-5-2-1-3-6-12/h1-8,15,17,20H,9-11H2/t15-,17+/m1/s1. The summed E-state index contributed by atoms with van der Waals surface area (Å²) in [6.07, 6.45) is 0.0383. The molecule has 2 atom stereocenters. The monoisotopic (exact) mass is 353 g/mol. The van der Waals surface area contributed by atoms with Crippen molar-refractivity contribution < 1.29 is 4.74 Å². The Balaban J connectivity index is 1.95. The van der Waals surface area contributed by atoms with Crippen LogP contribution >= 0.6 is 35.0 Å². The Kier molecular flexibility index (Phi) is 5.66. The average molecular weight is 354 g/mol. The fourth-order valence-electron chi connectivity index (χ4n) is 2.53. The molecule has 5 heteroatoms. The summed E-state index contributed by atoms with van der Waals surface area (Å²) in [6, 6.07) is 15.9. The molecule has 22 heavy (non-hydrogen) atoms. The van der Waals surface area contributed by atoms with E-state index in [1.807, 2.05) is 36.4 Å². The van der Waals surface area contributed by atoms with Crippen LogP contribution in [-0.2, 0) is 4.74 Å². The van der Waals surface area contributed by atoms with E-state index in [9.17, 15) is 0 Å². The highest BCUT2D eigenvalue weighted by Gasteiger charge is 2.30. The maximum absolute atomic E-state index is 6.44. The summed E-state index contributed by atoms with van der Waals surface area (Å²) in [7, 11) is 0. The number of ether oxygens (including phenoxy) is 1. The third kappa shape index (κ3) is 3.79. The van der Waals surface area contributed by atoms with E-state index in [-0.39, 0.29) is 11.4 Å². The second kappa shape index (κ2) is 7.71. The van der Waals surface area contributed by atoms with Crippen LogP contribution in [0.15, 0.2) is 53.4 Å². The Morgan fingerprint density at radius 1 is 1.05 bits per heavy atom. The molecule has 3 rings (SSSR count). The highest BCUT2D eigenvalue weighted by atomic mass is 35.5. The molecule has 0 aliphatic carbocycles. The van der Waals surface area contributed by atoms with Gasteiger partial charge in [-0.3, -0.25) is 0 Å². The third-order valence-corrected chi connectivity index (χ3v) is 5.58. The summed E-state index contributed by atoms with van der Waals surface area (Å²) < 4.78 is 5.98. The van der Waals surface area contributed by atoms with Crippen molar-refractivity contribution in [2.75, 3.05) is 19.7 Å². The topological polar surface area (TPSA) is 21.3 Å². The first kappa shape index (κ1) is 16.2. The smallest absolute Gasteiger partial charge is 0.0863 e. The van der Waals surface area contributed by atoms with Crippen molar-refractivity contribution in [1.29, 1.82) is 0 Å². The normalized spacial score (nSPS) is 19.8. The van der Waals surface area contributed by atoms with Crippen LogP contribution in [-0.4, -0.2) is 25.8 Å². The van der Waals surface area contributed by atoms with Crippen LogP contribution in [0.5, 0.6) is 0 Å². The molecule has 116 valence electrons. The first-order valence-electron chi connectivity index (χ1n) is 7.23. The molecular formula is C17H17Cl2NOS. The van der Waals surface area contributed by atoms with Crippen molar-refractivity contribution in [1.82, 2.24) is 5.32 Å². The molecule has 2 aromatic rings. The second-order valence-corrected chi connectivity index (χ2v) is 7.13. The Morgan fingerprint density at radius 2 is 1.77 bits per heavy atom. The highest BCUT2D eigenvalue weighted by molar-refractivity contribution is 7.99. The van der Waals surface area contributed by atoms with Crippen LogP contribution < -0.4 is 5.32 Å². The molecule has 0 radical (unpaired) electrons. The van der Waals surface area contributed by atoms with Gasteiger partial charge in [-0.2, -0.15) is 0 Å². The van der Waals surface area contributed by atoms with Crippen molar-refractivity contribution in [3.05, 3.63) is 64.1 Å². The van der Waals surface area contributed by atoms with Gasteiger partial charge in [-0.05, 0) is 24.3 Å². The third-order valence-electron chi connectivity index (χ3n) is 3.58. The van der Waals surface area contributed by atoms with Crippen molar-refractivity contribution >= 4 is 35.0 Å². The van der Waals surface area contributed by atoms with E-state index in [4.69, 9.17) is 27.9 Å². The second-order valence-electron chi connectivity index (χ2n) is 5.10. The number of thioether (sulfide) groups is 1. The zero-order chi connectivity index (χ0) is 15.4. The summed E-state index contributed by atoms with van der Waals surface area (Å²) in [4.78, 5) is 1.18. The number of hydrogen-bond acceptors (Lipinski definition) is 3. The van der Waals surface area contributed by atoms with Crippen LogP contribution in [0.3, 0.4) is 0 Å². The Bertz CT molecular complexity index is 597. The quantitative estimate of drug-likeness (QED) is 0.796. The van der Waals surface area contributed by atoms with E-state index < -0.39 is 0 Å². The summed E-state index contributed by atoms with van der Waals surface area (Å²) in [5.74, 6) is 0. The molecule has 0 bridgehead atoms. The number of benzene rings is 2. The lowest BCUT2D eigenvalue weighted by Gasteiger charge is -2.32. The van der Waals surface area contributed by atoms with Gasteiger partial charge in [0.15, 0.2) is 0 Å². The van der Waals surface area contributed by atoms with Crippen LogP contribution in [0, 0.1) is 0 Å². The molecule has 0 unspecified atom stereocenters. The van der Waals surface area contributed by atoms with Gasteiger partial charge < -0.3 is 10.1 Å². The molecule has 1 saturated heterocycles. The molecule has 0 spiro atoms. The van der Waals surface area contributed by atoms with Crippen molar-refractivity contribution in [2.24, 2.45) is 0 Å². The molecule has 2 nitrogen and oxygen atoms in total. The number of hydrogen-bond donors (Lipinski definition) is 1. The maximum atomic E-state index is 6.44. The van der Waals surface area contributed by atoms with Gasteiger partial charge in [0.2, 0.25) is 0 Å². The minimum absolute atomic E-state index is 0.0383. The van der Waals surface area contributed by atoms with Crippen LogP contribution in [0.4, 0.5) is 0 Å². The van der Waals surface area contributed by atoms with Gasteiger partial charge in [-0.25, -0.2) is 0 Å². The van der Waals surface area contributed by atoms with E-state index in [1.54, 1.807) is 11.8 Å². The Hall–Kier alpha value is -0.710. The van der Waals surface area contributed by atoms with Crippen molar-refractivity contribution in [2.45, 2.75) is 16.2 Å². The van der Waals surface area contributed by atoms with Gasteiger partial charge in [-0.15, -0.1) is 11.8 Å². The van der Waals surface area contributed by atoms with Gasteiger partial charge in [0.1, 0.15) is 0 Å². The predicted molar refractivity (Wildman–Crippen MR) is 94.1 cm³/mol. The first-order chi connectivity index (χ1) is 10.8. The van der Waals surface area contributed by atoms with Crippen LogP contribution in [0.25, 0.3) is 0 Å². The zero-order valence-corrected chi connectivity index (χ0v) is 14.3. The minimum Gasteiger partial charge on any atom is -0.374 e. The number of halogens is 2. The van der Waals surface area contributed by atoms with Crippen molar-refractivity contribution in [3.8, 4) is 0 Å². The van der Waals surface area contributed by atoms with Crippen molar-refractivity contribution in [3.63, 3.8) is 0 Å². The van der Waals surface area contributed by atoms with E-state index in [0.717, 1.165) is 18.7 Å². The van der Waals surface area contributed by atoms with Gasteiger partial charge in [-0.1, -0.05) is 47.5 Å². The molecule has 2 aromatic carbocycles. The van der Waals surface area contributed by atoms with Gasteiger partial charge in [0.05, 0.1) is 18.0 Å². The number of nitrogens with one attached hydrogen (secondary N) is 1. The van der Waals surface area contributed by atoms with Crippen LogP contribution in [0.2, 0.25) is 10.0 Å². The highest BCUT2D eigenvalue weighted by Crippen LogP contribution is 2.44. The van der Waals surface area contributed by atoms with E-state index in [0.29, 0.717) is 16.7 Å². The molecule has 0 saturated carbocycles. The number of rotatable bonds is 4. The predicted octanol–water partition coefficient (Wildman–Crippen LogP) is 4.82. The molecule has 0 aromatic heterocycles. The molecule has 1 aliphatic rings. The van der Waals surface area contributed by atoms with Gasteiger partial charge in [0, 0.05) is 33.6 Å². The molecule has 1 heterocycles. The fraction of sp³-hybridized carbons (Fsp3) is 0.294. The molecular weight excluding hydrogens is 337 g/mol. The summed E-state index contributed by atoms with van der Waals surface area (Å²) in [6.45, 7) is 2.39. The first-order valence-corrected chi connectivity index (χ1v) is 8.87. The minimum atomic E-state index is 0.0383. The lowest BCUT2D eigenvalue weighted by molar-refractivity contribution is 0.0273. The molecule has 1 N–H and O–H groups in total. The average Bonchev–Trinajstić information content (AvgIpc) is 2.55. The number of morpholine rings is 1.